The Balaban J connectivity index is 2.75. The van der Waals surface area contributed by atoms with Gasteiger partial charge in [0.2, 0.25) is 0 Å². The number of carbonyl (C=O) groups is 1. The number of aliphatic hydroxyl groups is 1. The first-order chi connectivity index (χ1) is 7.60. The van der Waals surface area contributed by atoms with Gasteiger partial charge in [0.05, 0.1) is 11.9 Å². The van der Waals surface area contributed by atoms with Gasteiger partial charge in [0.15, 0.2) is 0 Å². The zero-order valence-electron chi connectivity index (χ0n) is 9.60. The molecule has 0 saturated heterocycles. The highest BCUT2D eigenvalue weighted by Crippen LogP contribution is 2.10. The fraction of sp³-hybridized carbons (Fsp3) is 0.600. The monoisotopic (exact) mass is 226 g/mol. The molecule has 4 N–H and O–H groups in total. The van der Waals surface area contributed by atoms with Crippen molar-refractivity contribution in [1.82, 2.24) is 15.1 Å². The molecule has 1 amide bonds. The molecule has 1 rings (SSSR count). The Hall–Kier alpha value is -1.56. The summed E-state index contributed by atoms with van der Waals surface area (Å²) in [5.41, 5.74) is 6.43. The van der Waals surface area contributed by atoms with Crippen molar-refractivity contribution >= 4 is 11.6 Å². The van der Waals surface area contributed by atoms with Gasteiger partial charge in [0.1, 0.15) is 5.69 Å². The molecule has 6 nitrogen and oxygen atoms in total. The highest BCUT2D eigenvalue weighted by atomic mass is 16.3. The molecule has 0 aliphatic carbocycles. The fourth-order valence-corrected chi connectivity index (χ4v) is 1.45. The van der Waals surface area contributed by atoms with Crippen molar-refractivity contribution in [1.29, 1.82) is 0 Å². The maximum atomic E-state index is 11.9. The summed E-state index contributed by atoms with van der Waals surface area (Å²) >= 11 is 0. The molecule has 0 saturated carbocycles. The van der Waals surface area contributed by atoms with Crippen LogP contribution in [-0.2, 0) is 6.54 Å². The van der Waals surface area contributed by atoms with E-state index in [0.29, 0.717) is 24.3 Å². The van der Waals surface area contributed by atoms with Gasteiger partial charge in [-0.25, -0.2) is 0 Å². The molecule has 1 aromatic rings. The molecule has 0 radical (unpaired) electrons. The summed E-state index contributed by atoms with van der Waals surface area (Å²) in [4.78, 5) is 11.9. The van der Waals surface area contributed by atoms with Crippen LogP contribution in [0.1, 0.15) is 30.8 Å². The van der Waals surface area contributed by atoms with Crippen molar-refractivity contribution in [2.45, 2.75) is 32.9 Å². The number of amides is 1. The number of nitrogen functional groups attached to an aromatic ring is 1. The lowest BCUT2D eigenvalue weighted by molar-refractivity contribution is 0.0924. The van der Waals surface area contributed by atoms with Gasteiger partial charge in [-0.2, -0.15) is 5.10 Å². The molecule has 0 aliphatic heterocycles. The van der Waals surface area contributed by atoms with Gasteiger partial charge >= 0.3 is 0 Å². The number of carbonyl (C=O) groups excluding carboxylic acids is 1. The number of hydrogen-bond acceptors (Lipinski definition) is 4. The molecule has 0 aromatic carbocycles. The number of rotatable bonds is 5. The van der Waals surface area contributed by atoms with Crippen LogP contribution in [-0.4, -0.2) is 33.4 Å². The summed E-state index contributed by atoms with van der Waals surface area (Å²) in [7, 11) is 0. The van der Waals surface area contributed by atoms with E-state index in [4.69, 9.17) is 10.8 Å². The quantitative estimate of drug-likeness (QED) is 0.658. The number of nitrogens with two attached hydrogens (primary N) is 1. The lowest BCUT2D eigenvalue weighted by Crippen LogP contribution is -2.35. The van der Waals surface area contributed by atoms with Crippen LogP contribution in [0.3, 0.4) is 0 Å². The Morgan fingerprint density at radius 3 is 3.00 bits per heavy atom. The average molecular weight is 226 g/mol. The van der Waals surface area contributed by atoms with Gasteiger partial charge in [-0.15, -0.1) is 0 Å². The fourth-order valence-electron chi connectivity index (χ4n) is 1.45. The molecular weight excluding hydrogens is 208 g/mol. The number of hydrogen-bond donors (Lipinski definition) is 3. The molecule has 90 valence electrons. The summed E-state index contributed by atoms with van der Waals surface area (Å²) in [5, 5.41) is 15.5. The van der Waals surface area contributed by atoms with Crippen LogP contribution in [0, 0.1) is 0 Å². The summed E-state index contributed by atoms with van der Waals surface area (Å²) in [6, 6.07) is -0.0860. The first kappa shape index (κ1) is 12.5. The molecule has 1 aromatic heterocycles. The molecule has 1 unspecified atom stereocenters. The molecule has 0 fully saturated rings. The second kappa shape index (κ2) is 5.50. The van der Waals surface area contributed by atoms with E-state index in [1.165, 1.54) is 6.20 Å². The van der Waals surface area contributed by atoms with E-state index >= 15 is 0 Å². The third-order valence-corrected chi connectivity index (χ3v) is 2.32. The van der Waals surface area contributed by atoms with E-state index in [1.54, 1.807) is 4.68 Å². The van der Waals surface area contributed by atoms with Gasteiger partial charge in [-0.3, -0.25) is 9.48 Å². The number of aromatic nitrogens is 2. The first-order valence-electron chi connectivity index (χ1n) is 5.33. The molecule has 0 aliphatic rings. The minimum absolute atomic E-state index is 0.0456. The van der Waals surface area contributed by atoms with Crippen LogP contribution in [0.2, 0.25) is 0 Å². The van der Waals surface area contributed by atoms with Crippen molar-refractivity contribution in [3.8, 4) is 0 Å². The van der Waals surface area contributed by atoms with Crippen molar-refractivity contribution in [2.75, 3.05) is 12.3 Å². The van der Waals surface area contributed by atoms with Crippen LogP contribution in [0.4, 0.5) is 5.69 Å². The van der Waals surface area contributed by atoms with E-state index in [-0.39, 0.29) is 18.6 Å². The molecule has 1 atom stereocenters. The number of anilines is 1. The normalized spacial score (nSPS) is 12.4. The zero-order valence-corrected chi connectivity index (χ0v) is 9.60. The van der Waals surface area contributed by atoms with E-state index < -0.39 is 0 Å². The summed E-state index contributed by atoms with van der Waals surface area (Å²) in [6.45, 7) is 4.36. The molecule has 6 heteroatoms. The largest absolute Gasteiger partial charge is 0.396 e. The van der Waals surface area contributed by atoms with Gasteiger partial charge in [-0.1, -0.05) is 0 Å². The molecule has 0 spiro atoms. The van der Waals surface area contributed by atoms with E-state index in [2.05, 4.69) is 10.4 Å². The van der Waals surface area contributed by atoms with Crippen molar-refractivity contribution in [3.05, 3.63) is 11.9 Å². The Labute approximate surface area is 94.4 Å². The van der Waals surface area contributed by atoms with Gasteiger partial charge < -0.3 is 16.2 Å². The Kier molecular flexibility index (Phi) is 4.30. The average Bonchev–Trinajstić information content (AvgIpc) is 2.59. The number of nitrogens with one attached hydrogen (secondary N) is 1. The van der Waals surface area contributed by atoms with Crippen LogP contribution in [0.15, 0.2) is 6.20 Å². The minimum Gasteiger partial charge on any atom is -0.396 e. The summed E-state index contributed by atoms with van der Waals surface area (Å²) in [5.74, 6) is -0.252. The molecular formula is C10H18N4O2. The van der Waals surface area contributed by atoms with Crippen LogP contribution in [0.5, 0.6) is 0 Å². The summed E-state index contributed by atoms with van der Waals surface area (Å²) < 4.78 is 1.55. The number of aryl methyl sites for hydroxylation is 1. The van der Waals surface area contributed by atoms with Gasteiger partial charge in [0, 0.05) is 19.2 Å². The Morgan fingerprint density at radius 2 is 2.44 bits per heavy atom. The van der Waals surface area contributed by atoms with Gasteiger partial charge in [0.25, 0.3) is 5.91 Å². The minimum atomic E-state index is -0.252. The number of aliphatic hydroxyl groups excluding tert-OH is 1. The highest BCUT2D eigenvalue weighted by Gasteiger charge is 2.17. The predicted molar refractivity (Wildman–Crippen MR) is 60.9 cm³/mol. The predicted octanol–water partition coefficient (Wildman–Crippen LogP) is -0.0141. The van der Waals surface area contributed by atoms with Crippen molar-refractivity contribution in [3.63, 3.8) is 0 Å². The van der Waals surface area contributed by atoms with Crippen molar-refractivity contribution in [2.24, 2.45) is 0 Å². The summed E-state index contributed by atoms with van der Waals surface area (Å²) in [6.07, 6.45) is 1.99. The molecule has 0 bridgehead atoms. The second-order valence-corrected chi connectivity index (χ2v) is 3.65. The Morgan fingerprint density at radius 1 is 1.75 bits per heavy atom. The van der Waals surface area contributed by atoms with Crippen LogP contribution < -0.4 is 11.1 Å². The maximum Gasteiger partial charge on any atom is 0.271 e. The van der Waals surface area contributed by atoms with E-state index in [0.717, 1.165) is 0 Å². The number of nitrogens with zero attached hydrogens (tertiary/aromatic N) is 2. The van der Waals surface area contributed by atoms with Crippen molar-refractivity contribution < 1.29 is 9.90 Å². The lowest BCUT2D eigenvalue weighted by atomic mass is 10.2. The topological polar surface area (TPSA) is 93.2 Å². The van der Waals surface area contributed by atoms with Gasteiger partial charge in [-0.05, 0) is 20.3 Å². The highest BCUT2D eigenvalue weighted by molar-refractivity contribution is 5.97. The lowest BCUT2D eigenvalue weighted by Gasteiger charge is -2.13. The Bertz CT molecular complexity index is 362. The van der Waals surface area contributed by atoms with Crippen LogP contribution >= 0.6 is 0 Å². The second-order valence-electron chi connectivity index (χ2n) is 3.65. The zero-order chi connectivity index (χ0) is 12.1. The van der Waals surface area contributed by atoms with E-state index in [9.17, 15) is 4.79 Å². The maximum absolute atomic E-state index is 11.9. The standard InChI is InChI=1S/C10H18N4O2/c1-3-14-9(8(11)6-12-14)10(16)13-7(2)4-5-15/h6-7,15H,3-5,11H2,1-2H3,(H,13,16). The van der Waals surface area contributed by atoms with Crippen LogP contribution in [0.25, 0.3) is 0 Å². The smallest absolute Gasteiger partial charge is 0.271 e. The SMILES string of the molecule is CCn1ncc(N)c1C(=O)NC(C)CCO. The third-order valence-electron chi connectivity index (χ3n) is 2.32. The van der Waals surface area contributed by atoms with E-state index in [1.807, 2.05) is 13.8 Å². The molecule has 16 heavy (non-hydrogen) atoms. The third kappa shape index (κ3) is 2.73. The first-order valence-corrected chi connectivity index (χ1v) is 5.33. The molecule has 1 heterocycles.